The Morgan fingerprint density at radius 3 is 2.25 bits per heavy atom. The van der Waals surface area contributed by atoms with Gasteiger partial charge in [0.2, 0.25) is 18.6 Å². The lowest BCUT2D eigenvalue weighted by Gasteiger charge is -2.19. The van der Waals surface area contributed by atoms with Gasteiger partial charge in [0.15, 0.2) is 11.5 Å². The summed E-state index contributed by atoms with van der Waals surface area (Å²) in [5.74, 6) is -0.260. The molecule has 0 fully saturated rings. The van der Waals surface area contributed by atoms with Gasteiger partial charge in [-0.1, -0.05) is 0 Å². The summed E-state index contributed by atoms with van der Waals surface area (Å²) in [5.41, 5.74) is 10.7. The van der Waals surface area contributed by atoms with Crippen LogP contribution >= 0.6 is 0 Å². The predicted octanol–water partition coefficient (Wildman–Crippen LogP) is -1.11. The molecule has 0 aromatic heterocycles. The molecule has 0 atom stereocenters. The van der Waals surface area contributed by atoms with Crippen molar-refractivity contribution in [1.82, 2.24) is 4.90 Å². The molecule has 1 aliphatic rings. The minimum Gasteiger partial charge on any atom is -0.507 e. The molecule has 1 aromatic rings. The standard InChI is InChI=1S/C12H15N3O5/c13-11(17)4-15(5-12(14)18)3-7-1-9-10(2-8(7)16)20-6-19-9/h1-2,16H,3-6H2,(H2,13,17)(H2,14,18). The first-order chi connectivity index (χ1) is 9.45. The number of carbonyl (C=O) groups excluding carboxylic acids is 2. The van der Waals surface area contributed by atoms with Crippen LogP contribution in [0.25, 0.3) is 0 Å². The van der Waals surface area contributed by atoms with Gasteiger partial charge in [0.05, 0.1) is 13.1 Å². The van der Waals surface area contributed by atoms with E-state index in [1.54, 1.807) is 6.07 Å². The minimum absolute atomic E-state index is 0.0202. The van der Waals surface area contributed by atoms with Crippen molar-refractivity contribution in [3.8, 4) is 17.2 Å². The Morgan fingerprint density at radius 2 is 1.70 bits per heavy atom. The Bertz CT molecular complexity index is 530. The van der Waals surface area contributed by atoms with Crippen LogP contribution in [0.15, 0.2) is 12.1 Å². The number of ether oxygens (including phenoxy) is 2. The second-order valence-corrected chi connectivity index (χ2v) is 4.41. The van der Waals surface area contributed by atoms with Gasteiger partial charge in [-0.2, -0.15) is 0 Å². The second-order valence-electron chi connectivity index (χ2n) is 4.41. The highest BCUT2D eigenvalue weighted by Crippen LogP contribution is 2.37. The number of hydrogen-bond donors (Lipinski definition) is 3. The number of rotatable bonds is 6. The number of fused-ring (bicyclic) bond motifs is 1. The molecule has 0 radical (unpaired) electrons. The van der Waals surface area contributed by atoms with Crippen LogP contribution in [0.4, 0.5) is 0 Å². The van der Waals surface area contributed by atoms with Gasteiger partial charge in [0.1, 0.15) is 5.75 Å². The lowest BCUT2D eigenvalue weighted by Crippen LogP contribution is -2.39. The fourth-order valence-corrected chi connectivity index (χ4v) is 1.95. The molecule has 2 amide bonds. The Kier molecular flexibility index (Phi) is 3.94. The minimum atomic E-state index is -0.591. The second kappa shape index (κ2) is 5.66. The van der Waals surface area contributed by atoms with Gasteiger partial charge in [0, 0.05) is 18.2 Å². The summed E-state index contributed by atoms with van der Waals surface area (Å²) < 4.78 is 10.3. The van der Waals surface area contributed by atoms with E-state index in [1.165, 1.54) is 11.0 Å². The first-order valence-electron chi connectivity index (χ1n) is 5.86. The lowest BCUT2D eigenvalue weighted by atomic mass is 10.1. The van der Waals surface area contributed by atoms with E-state index in [4.69, 9.17) is 20.9 Å². The van der Waals surface area contributed by atoms with E-state index in [2.05, 4.69) is 0 Å². The number of primary amides is 2. The summed E-state index contributed by atoms with van der Waals surface area (Å²) in [7, 11) is 0. The van der Waals surface area contributed by atoms with Crippen molar-refractivity contribution in [2.24, 2.45) is 11.5 Å². The maximum Gasteiger partial charge on any atom is 0.231 e. The highest BCUT2D eigenvalue weighted by molar-refractivity contribution is 5.79. The van der Waals surface area contributed by atoms with Crippen molar-refractivity contribution in [3.05, 3.63) is 17.7 Å². The van der Waals surface area contributed by atoms with E-state index >= 15 is 0 Å². The van der Waals surface area contributed by atoms with Crippen molar-refractivity contribution in [2.45, 2.75) is 6.54 Å². The van der Waals surface area contributed by atoms with Crippen LogP contribution in [-0.2, 0) is 16.1 Å². The molecule has 1 aromatic carbocycles. The Hall–Kier alpha value is -2.48. The maximum atomic E-state index is 11.0. The summed E-state index contributed by atoms with van der Waals surface area (Å²) in [5, 5.41) is 9.90. The van der Waals surface area contributed by atoms with Gasteiger partial charge in [0.25, 0.3) is 0 Å². The fourth-order valence-electron chi connectivity index (χ4n) is 1.95. The summed E-state index contributed by atoms with van der Waals surface area (Å²) in [6.45, 7) is -0.0630. The van der Waals surface area contributed by atoms with Crippen LogP contribution in [0.2, 0.25) is 0 Å². The van der Waals surface area contributed by atoms with Crippen molar-refractivity contribution < 1.29 is 24.2 Å². The van der Waals surface area contributed by atoms with E-state index in [1.807, 2.05) is 0 Å². The number of nitrogens with zero attached hydrogens (tertiary/aromatic N) is 1. The van der Waals surface area contributed by atoms with Gasteiger partial charge in [-0.25, -0.2) is 0 Å². The van der Waals surface area contributed by atoms with Crippen LogP contribution in [0.3, 0.4) is 0 Å². The van der Waals surface area contributed by atoms with Crippen LogP contribution in [0.1, 0.15) is 5.56 Å². The molecule has 8 nitrogen and oxygen atoms in total. The summed E-state index contributed by atoms with van der Waals surface area (Å²) in [4.78, 5) is 23.4. The molecule has 2 rings (SSSR count). The van der Waals surface area contributed by atoms with Gasteiger partial charge in [-0.15, -0.1) is 0 Å². The predicted molar refractivity (Wildman–Crippen MR) is 67.9 cm³/mol. The molecule has 8 heteroatoms. The van der Waals surface area contributed by atoms with E-state index in [-0.39, 0.29) is 32.2 Å². The molecule has 108 valence electrons. The van der Waals surface area contributed by atoms with E-state index in [0.717, 1.165) is 0 Å². The third-order valence-electron chi connectivity index (χ3n) is 2.73. The monoisotopic (exact) mass is 281 g/mol. The number of phenolic OH excluding ortho intramolecular Hbond substituents is 1. The highest BCUT2D eigenvalue weighted by atomic mass is 16.7. The summed E-state index contributed by atoms with van der Waals surface area (Å²) >= 11 is 0. The number of nitrogens with two attached hydrogens (primary N) is 2. The van der Waals surface area contributed by atoms with Crippen LogP contribution in [-0.4, -0.2) is 41.7 Å². The Morgan fingerprint density at radius 1 is 1.15 bits per heavy atom. The summed E-state index contributed by atoms with van der Waals surface area (Å²) in [6.07, 6.45) is 0. The molecule has 20 heavy (non-hydrogen) atoms. The third-order valence-corrected chi connectivity index (χ3v) is 2.73. The lowest BCUT2D eigenvalue weighted by molar-refractivity contribution is -0.122. The van der Waals surface area contributed by atoms with Crippen molar-refractivity contribution in [2.75, 3.05) is 19.9 Å². The molecule has 1 aliphatic heterocycles. The van der Waals surface area contributed by atoms with Gasteiger partial charge in [-0.05, 0) is 6.07 Å². The number of benzene rings is 1. The van der Waals surface area contributed by atoms with Crippen molar-refractivity contribution >= 4 is 11.8 Å². The first kappa shape index (κ1) is 13.9. The number of aromatic hydroxyl groups is 1. The first-order valence-corrected chi connectivity index (χ1v) is 5.86. The van der Waals surface area contributed by atoms with Crippen molar-refractivity contribution in [3.63, 3.8) is 0 Å². The molecule has 0 unspecified atom stereocenters. The zero-order valence-electron chi connectivity index (χ0n) is 10.7. The van der Waals surface area contributed by atoms with Crippen molar-refractivity contribution in [1.29, 1.82) is 0 Å². The zero-order chi connectivity index (χ0) is 14.7. The quantitative estimate of drug-likeness (QED) is 0.606. The molecule has 5 N–H and O–H groups in total. The van der Waals surface area contributed by atoms with E-state index in [0.29, 0.717) is 17.1 Å². The highest BCUT2D eigenvalue weighted by Gasteiger charge is 2.19. The largest absolute Gasteiger partial charge is 0.507 e. The molecule has 0 aliphatic carbocycles. The van der Waals surface area contributed by atoms with Crippen LogP contribution in [0.5, 0.6) is 17.2 Å². The molecule has 0 saturated carbocycles. The maximum absolute atomic E-state index is 11.0. The van der Waals surface area contributed by atoms with Gasteiger partial charge >= 0.3 is 0 Å². The van der Waals surface area contributed by atoms with Crippen LogP contribution in [0, 0.1) is 0 Å². The van der Waals surface area contributed by atoms with Crippen LogP contribution < -0.4 is 20.9 Å². The average molecular weight is 281 g/mol. The molecule has 1 heterocycles. The topological polar surface area (TPSA) is 128 Å². The van der Waals surface area contributed by atoms with E-state index in [9.17, 15) is 14.7 Å². The fraction of sp³-hybridized carbons (Fsp3) is 0.333. The SMILES string of the molecule is NC(=O)CN(CC(N)=O)Cc1cc2c(cc1O)OCO2. The Balaban J connectivity index is 2.17. The number of hydrogen-bond acceptors (Lipinski definition) is 6. The molecule has 0 saturated heterocycles. The number of carbonyl (C=O) groups is 2. The normalized spacial score (nSPS) is 12.7. The summed E-state index contributed by atoms with van der Waals surface area (Å²) in [6, 6.07) is 3.01. The number of phenols is 1. The van der Waals surface area contributed by atoms with Gasteiger partial charge < -0.3 is 26.0 Å². The smallest absolute Gasteiger partial charge is 0.231 e. The molecular formula is C12H15N3O5. The number of amides is 2. The molecule has 0 bridgehead atoms. The third kappa shape index (κ3) is 3.29. The molecule has 0 spiro atoms. The molecular weight excluding hydrogens is 266 g/mol. The van der Waals surface area contributed by atoms with E-state index < -0.39 is 11.8 Å². The van der Waals surface area contributed by atoms with Gasteiger partial charge in [-0.3, -0.25) is 14.5 Å². The average Bonchev–Trinajstić information content (AvgIpc) is 2.74. The Labute approximate surface area is 114 Å². The zero-order valence-corrected chi connectivity index (χ0v) is 10.7.